The van der Waals surface area contributed by atoms with E-state index in [1.807, 2.05) is 30.3 Å². The first-order chi connectivity index (χ1) is 12.2. The van der Waals surface area contributed by atoms with Crippen LogP contribution in [0.25, 0.3) is 11.8 Å². The molecule has 3 aromatic carbocycles. The van der Waals surface area contributed by atoms with Gasteiger partial charge in [-0.1, -0.05) is 24.3 Å². The Kier molecular flexibility index (Phi) is 3.98. The number of rotatable bonds is 3. The van der Waals surface area contributed by atoms with Crippen LogP contribution in [-0.4, -0.2) is 7.11 Å². The average Bonchev–Trinajstić information content (AvgIpc) is 2.68. The van der Waals surface area contributed by atoms with E-state index in [0.717, 1.165) is 29.2 Å². The third kappa shape index (κ3) is 3.01. The molecule has 25 heavy (non-hydrogen) atoms. The van der Waals surface area contributed by atoms with Gasteiger partial charge in [-0.25, -0.2) is 4.39 Å². The molecule has 0 aliphatic carbocycles. The molecule has 0 spiro atoms. The lowest BCUT2D eigenvalue weighted by Crippen LogP contribution is -2.24. The molecule has 1 aliphatic rings. The van der Waals surface area contributed by atoms with Crippen LogP contribution in [0, 0.1) is 5.82 Å². The fourth-order valence-electron chi connectivity index (χ4n) is 3.15. The molecule has 2 nitrogen and oxygen atoms in total. The van der Waals surface area contributed by atoms with Gasteiger partial charge in [-0.3, -0.25) is 0 Å². The van der Waals surface area contributed by atoms with Gasteiger partial charge in [0.15, 0.2) is 0 Å². The largest absolute Gasteiger partial charge is 0.497 e. The van der Waals surface area contributed by atoms with Gasteiger partial charge in [0.1, 0.15) is 11.6 Å². The zero-order valence-corrected chi connectivity index (χ0v) is 13.9. The maximum absolute atomic E-state index is 13.3. The van der Waals surface area contributed by atoms with Gasteiger partial charge in [-0.05, 0) is 71.3 Å². The first kappa shape index (κ1) is 15.5. The molecule has 0 bridgehead atoms. The molecule has 4 rings (SSSR count). The normalized spacial score (nSPS) is 13.2. The molecule has 0 amide bonds. The molecule has 0 saturated heterocycles. The van der Waals surface area contributed by atoms with Gasteiger partial charge in [0.2, 0.25) is 0 Å². The standard InChI is InChI=1S/C22H18FNO/c1-25-21-12-6-16(7-13-21)22-14-17-4-2-3-5-18(17)15-24(22)20-10-8-19(23)9-11-20/h2-14H,15H2,1H3. The van der Waals surface area contributed by atoms with Gasteiger partial charge in [0, 0.05) is 17.9 Å². The number of nitrogens with zero attached hydrogens (tertiary/aromatic N) is 1. The summed E-state index contributed by atoms with van der Waals surface area (Å²) in [6.45, 7) is 0.750. The van der Waals surface area contributed by atoms with Crippen LogP contribution < -0.4 is 9.64 Å². The monoisotopic (exact) mass is 331 g/mol. The van der Waals surface area contributed by atoms with Crippen LogP contribution in [0.1, 0.15) is 16.7 Å². The van der Waals surface area contributed by atoms with E-state index in [1.54, 1.807) is 7.11 Å². The summed E-state index contributed by atoms with van der Waals surface area (Å²) in [6, 6.07) is 23.0. The van der Waals surface area contributed by atoms with Crippen LogP contribution in [0.2, 0.25) is 0 Å². The molecule has 0 N–H and O–H groups in total. The van der Waals surface area contributed by atoms with Crippen LogP contribution in [0.15, 0.2) is 72.8 Å². The second-order valence-electron chi connectivity index (χ2n) is 6.02. The summed E-state index contributed by atoms with van der Waals surface area (Å²) in [5, 5.41) is 0. The Bertz CT molecular complexity index is 914. The second kappa shape index (κ2) is 6.44. The van der Waals surface area contributed by atoms with E-state index in [0.29, 0.717) is 0 Å². The quantitative estimate of drug-likeness (QED) is 0.641. The van der Waals surface area contributed by atoms with E-state index >= 15 is 0 Å². The number of fused-ring (bicyclic) bond motifs is 1. The van der Waals surface area contributed by atoms with E-state index in [-0.39, 0.29) is 5.82 Å². The molecule has 0 saturated carbocycles. The highest BCUT2D eigenvalue weighted by atomic mass is 19.1. The van der Waals surface area contributed by atoms with Crippen molar-refractivity contribution in [3.63, 3.8) is 0 Å². The van der Waals surface area contributed by atoms with Crippen LogP contribution in [0.5, 0.6) is 5.75 Å². The third-order valence-corrected chi connectivity index (χ3v) is 4.49. The average molecular weight is 331 g/mol. The summed E-state index contributed by atoms with van der Waals surface area (Å²) in [5.74, 6) is 0.602. The Labute approximate surface area is 146 Å². The number of ether oxygens (including phenoxy) is 1. The minimum Gasteiger partial charge on any atom is -0.497 e. The molecule has 0 fully saturated rings. The SMILES string of the molecule is COc1ccc(C2=Cc3ccccc3CN2c2ccc(F)cc2)cc1. The molecule has 0 aromatic heterocycles. The summed E-state index contributed by atoms with van der Waals surface area (Å²) in [4.78, 5) is 2.21. The van der Waals surface area contributed by atoms with Crippen molar-refractivity contribution in [3.8, 4) is 5.75 Å². The van der Waals surface area contributed by atoms with Crippen molar-refractivity contribution in [3.05, 3.63) is 95.3 Å². The lowest BCUT2D eigenvalue weighted by atomic mass is 9.97. The molecular weight excluding hydrogens is 313 g/mol. The first-order valence-electron chi connectivity index (χ1n) is 8.22. The van der Waals surface area contributed by atoms with E-state index in [1.165, 1.54) is 23.3 Å². The highest BCUT2D eigenvalue weighted by Crippen LogP contribution is 2.35. The van der Waals surface area contributed by atoms with Gasteiger partial charge in [0.25, 0.3) is 0 Å². The molecular formula is C22H18FNO. The van der Waals surface area contributed by atoms with Gasteiger partial charge in [-0.15, -0.1) is 0 Å². The number of methoxy groups -OCH3 is 1. The predicted molar refractivity (Wildman–Crippen MR) is 99.9 cm³/mol. The highest BCUT2D eigenvalue weighted by Gasteiger charge is 2.20. The number of anilines is 1. The third-order valence-electron chi connectivity index (χ3n) is 4.49. The van der Waals surface area contributed by atoms with Crippen molar-refractivity contribution in [2.24, 2.45) is 0 Å². The zero-order valence-electron chi connectivity index (χ0n) is 13.9. The van der Waals surface area contributed by atoms with Crippen molar-refractivity contribution in [1.82, 2.24) is 0 Å². The lowest BCUT2D eigenvalue weighted by Gasteiger charge is -2.32. The number of hydrogen-bond donors (Lipinski definition) is 0. The number of benzene rings is 3. The maximum Gasteiger partial charge on any atom is 0.123 e. The molecule has 1 aliphatic heterocycles. The summed E-state index contributed by atoms with van der Waals surface area (Å²) >= 11 is 0. The van der Waals surface area contributed by atoms with Gasteiger partial charge >= 0.3 is 0 Å². The van der Waals surface area contributed by atoms with E-state index in [4.69, 9.17) is 4.74 Å². The van der Waals surface area contributed by atoms with Gasteiger partial charge < -0.3 is 9.64 Å². The van der Waals surface area contributed by atoms with E-state index in [2.05, 4.69) is 41.3 Å². The van der Waals surface area contributed by atoms with E-state index in [9.17, 15) is 4.39 Å². The second-order valence-corrected chi connectivity index (χ2v) is 6.02. The van der Waals surface area contributed by atoms with Crippen LogP contribution in [0.4, 0.5) is 10.1 Å². The summed E-state index contributed by atoms with van der Waals surface area (Å²) < 4.78 is 18.6. The molecule has 0 radical (unpaired) electrons. The van der Waals surface area contributed by atoms with Crippen molar-refractivity contribution in [1.29, 1.82) is 0 Å². The van der Waals surface area contributed by atoms with Gasteiger partial charge in [0.05, 0.1) is 7.11 Å². The smallest absolute Gasteiger partial charge is 0.123 e. The molecule has 0 unspecified atom stereocenters. The summed E-state index contributed by atoms with van der Waals surface area (Å²) in [7, 11) is 1.66. The molecule has 3 aromatic rings. The van der Waals surface area contributed by atoms with Crippen molar-refractivity contribution in [2.75, 3.05) is 12.0 Å². The molecule has 1 heterocycles. The maximum atomic E-state index is 13.3. The fourth-order valence-corrected chi connectivity index (χ4v) is 3.15. The van der Waals surface area contributed by atoms with E-state index < -0.39 is 0 Å². The van der Waals surface area contributed by atoms with Gasteiger partial charge in [-0.2, -0.15) is 0 Å². The zero-order chi connectivity index (χ0) is 17.2. The Morgan fingerprint density at radius 1 is 0.880 bits per heavy atom. The fraction of sp³-hybridized carbons (Fsp3) is 0.0909. The molecule has 124 valence electrons. The van der Waals surface area contributed by atoms with Crippen LogP contribution >= 0.6 is 0 Å². The Hall–Kier alpha value is -3.07. The number of hydrogen-bond acceptors (Lipinski definition) is 2. The van der Waals surface area contributed by atoms with Crippen molar-refractivity contribution < 1.29 is 9.13 Å². The number of halogens is 1. The Balaban J connectivity index is 1.82. The Morgan fingerprint density at radius 3 is 2.32 bits per heavy atom. The minimum atomic E-state index is -0.226. The topological polar surface area (TPSA) is 12.5 Å². The highest BCUT2D eigenvalue weighted by molar-refractivity contribution is 5.92. The van der Waals surface area contributed by atoms with Crippen molar-refractivity contribution in [2.45, 2.75) is 6.54 Å². The van der Waals surface area contributed by atoms with Crippen LogP contribution in [-0.2, 0) is 6.54 Å². The predicted octanol–water partition coefficient (Wildman–Crippen LogP) is 5.35. The summed E-state index contributed by atoms with van der Waals surface area (Å²) in [5.41, 5.74) is 5.63. The van der Waals surface area contributed by atoms with Crippen molar-refractivity contribution >= 4 is 17.5 Å². The summed E-state index contributed by atoms with van der Waals surface area (Å²) in [6.07, 6.45) is 2.18. The molecule has 3 heteroatoms. The minimum absolute atomic E-state index is 0.226. The Morgan fingerprint density at radius 2 is 1.60 bits per heavy atom. The molecule has 0 atom stereocenters. The lowest BCUT2D eigenvalue weighted by molar-refractivity contribution is 0.415. The first-order valence-corrected chi connectivity index (χ1v) is 8.22. The van der Waals surface area contributed by atoms with Crippen LogP contribution in [0.3, 0.4) is 0 Å².